The Bertz CT molecular complexity index is 1520. The van der Waals surface area contributed by atoms with Crippen molar-refractivity contribution in [1.82, 2.24) is 9.80 Å². The van der Waals surface area contributed by atoms with Crippen LogP contribution in [0.25, 0.3) is 5.76 Å². The summed E-state index contributed by atoms with van der Waals surface area (Å²) >= 11 is 0. The lowest BCUT2D eigenvalue weighted by Crippen LogP contribution is -2.65. The number of aromatic hydroxyl groups is 1. The number of alkyl halides is 3. The Morgan fingerprint density at radius 2 is 1.86 bits per heavy atom. The molecule has 232 valence electrons. The molecule has 7 N–H and O–H groups in total. The van der Waals surface area contributed by atoms with Crippen molar-refractivity contribution in [3.8, 4) is 11.5 Å². The minimum atomic E-state index is -5.22. The third kappa shape index (κ3) is 4.78. The number of rotatable bonds is 6. The molecule has 1 saturated heterocycles. The van der Waals surface area contributed by atoms with Crippen LogP contribution < -0.4 is 15.8 Å². The number of hydrogen-bond acceptors (Lipinski definition) is 11. The van der Waals surface area contributed by atoms with Gasteiger partial charge in [0.1, 0.15) is 22.8 Å². The zero-order valence-corrected chi connectivity index (χ0v) is 23.0. The number of nitrogens with one attached hydrogen (secondary N) is 1. The van der Waals surface area contributed by atoms with E-state index in [9.17, 15) is 52.8 Å². The largest absolute Gasteiger partial charge is 0.573 e. The molecule has 0 spiro atoms. The lowest BCUT2D eigenvalue weighted by molar-refractivity contribution is -0.275. The summed E-state index contributed by atoms with van der Waals surface area (Å²) in [5.74, 6) is -11.0. The van der Waals surface area contributed by atoms with Crippen molar-refractivity contribution >= 4 is 34.8 Å². The van der Waals surface area contributed by atoms with Crippen LogP contribution in [0.4, 0.5) is 18.9 Å². The van der Waals surface area contributed by atoms with Gasteiger partial charge in [-0.3, -0.25) is 29.0 Å². The molecule has 1 heterocycles. The second-order valence-electron chi connectivity index (χ2n) is 11.3. The van der Waals surface area contributed by atoms with Crippen molar-refractivity contribution < 1.29 is 57.5 Å². The van der Waals surface area contributed by atoms with Gasteiger partial charge in [0.25, 0.3) is 5.91 Å². The highest BCUT2D eigenvalue weighted by molar-refractivity contribution is 6.24. The zero-order chi connectivity index (χ0) is 31.8. The maximum absolute atomic E-state index is 13.9. The number of aliphatic hydroxyl groups excluding tert-OH is 2. The number of nitrogens with two attached hydrogens (primary N) is 1. The van der Waals surface area contributed by atoms with Crippen molar-refractivity contribution in [1.29, 1.82) is 0 Å². The number of nitrogens with zero attached hydrogens (tertiary/aromatic N) is 2. The monoisotopic (exact) mass is 610 g/mol. The molecule has 1 aliphatic heterocycles. The van der Waals surface area contributed by atoms with Crippen molar-refractivity contribution in [2.45, 2.75) is 37.3 Å². The summed E-state index contributed by atoms with van der Waals surface area (Å²) in [5, 5.41) is 47.3. The fraction of sp³-hybridized carbons (Fsp3) is 0.481. The Morgan fingerprint density at radius 1 is 1.21 bits per heavy atom. The summed E-state index contributed by atoms with van der Waals surface area (Å²) < 4.78 is 44.6. The number of carbonyl (C=O) groups is 4. The van der Waals surface area contributed by atoms with Crippen LogP contribution in [0, 0.1) is 11.8 Å². The van der Waals surface area contributed by atoms with Gasteiger partial charge in [0.2, 0.25) is 11.7 Å². The minimum Gasteiger partial charge on any atom is -0.508 e. The summed E-state index contributed by atoms with van der Waals surface area (Å²) in [6.07, 6.45) is -5.12. The van der Waals surface area contributed by atoms with E-state index in [0.29, 0.717) is 13.1 Å². The van der Waals surface area contributed by atoms with Crippen molar-refractivity contribution in [3.05, 3.63) is 34.1 Å². The van der Waals surface area contributed by atoms with Gasteiger partial charge in [-0.1, -0.05) is 0 Å². The third-order valence-corrected chi connectivity index (χ3v) is 8.50. The summed E-state index contributed by atoms with van der Waals surface area (Å²) in [6, 6.07) is -0.601. The molecule has 3 aliphatic carbocycles. The van der Waals surface area contributed by atoms with Crippen LogP contribution in [0.5, 0.6) is 11.5 Å². The van der Waals surface area contributed by atoms with Gasteiger partial charge in [0.05, 0.1) is 23.8 Å². The lowest BCUT2D eigenvalue weighted by Gasteiger charge is -2.50. The molecule has 16 heteroatoms. The Labute approximate surface area is 242 Å². The molecule has 4 atom stereocenters. The Balaban J connectivity index is 1.67. The number of likely N-dealkylation sites (tertiary alicyclic amines) is 1. The van der Waals surface area contributed by atoms with Crippen LogP contribution >= 0.6 is 0 Å². The van der Waals surface area contributed by atoms with E-state index in [0.717, 1.165) is 12.5 Å². The topological polar surface area (TPSA) is 203 Å². The number of likely N-dealkylation sites (N-methyl/N-ethyl adjacent to an activating group) is 1. The number of carbonyl (C=O) groups excluding carboxylic acids is 4. The molecule has 1 aromatic carbocycles. The highest BCUT2D eigenvalue weighted by atomic mass is 19.4. The Hall–Kier alpha value is -4.15. The van der Waals surface area contributed by atoms with Crippen LogP contribution in [0.3, 0.4) is 0 Å². The summed E-state index contributed by atoms with van der Waals surface area (Å²) in [5.41, 5.74) is -0.741. The first kappa shape index (κ1) is 30.3. The first-order chi connectivity index (χ1) is 20.0. The van der Waals surface area contributed by atoms with E-state index in [1.165, 1.54) is 19.0 Å². The maximum Gasteiger partial charge on any atom is 0.573 e. The number of ketones is 2. The van der Waals surface area contributed by atoms with Crippen LogP contribution in [0.2, 0.25) is 0 Å². The lowest BCUT2D eigenvalue weighted by atomic mass is 9.57. The summed E-state index contributed by atoms with van der Waals surface area (Å²) in [6.45, 7) is 1.14. The average molecular weight is 611 g/mol. The van der Waals surface area contributed by atoms with E-state index in [1.807, 2.05) is 0 Å². The van der Waals surface area contributed by atoms with Crippen molar-refractivity contribution in [2.24, 2.45) is 17.6 Å². The first-order valence-electron chi connectivity index (χ1n) is 13.3. The van der Waals surface area contributed by atoms with Gasteiger partial charge in [-0.15, -0.1) is 13.2 Å². The number of hydrogen-bond donors (Lipinski definition) is 6. The van der Waals surface area contributed by atoms with E-state index < -0.39 is 105 Å². The van der Waals surface area contributed by atoms with Gasteiger partial charge in [-0.25, -0.2) is 0 Å². The van der Waals surface area contributed by atoms with Gasteiger partial charge in [0, 0.05) is 23.1 Å². The van der Waals surface area contributed by atoms with Gasteiger partial charge >= 0.3 is 6.36 Å². The average Bonchev–Trinajstić information content (AvgIpc) is 2.85. The number of aliphatic hydroxyl groups is 3. The molecular formula is C27H29F3N4O9. The smallest absolute Gasteiger partial charge is 0.508 e. The molecule has 2 amide bonds. The number of ether oxygens (including phenoxy) is 1. The molecule has 1 saturated carbocycles. The normalized spacial score (nSPS) is 27.4. The van der Waals surface area contributed by atoms with E-state index in [2.05, 4.69) is 10.1 Å². The predicted molar refractivity (Wildman–Crippen MR) is 141 cm³/mol. The minimum absolute atomic E-state index is 0.117. The molecule has 0 aromatic heterocycles. The van der Waals surface area contributed by atoms with E-state index in [4.69, 9.17) is 5.73 Å². The molecule has 1 aromatic rings. The molecule has 43 heavy (non-hydrogen) atoms. The van der Waals surface area contributed by atoms with Crippen molar-refractivity contribution in [3.63, 3.8) is 0 Å². The van der Waals surface area contributed by atoms with Crippen LogP contribution in [0.15, 0.2) is 23.0 Å². The number of Topliss-reactive ketones (excluding diaryl/α,β-unsaturated/α-hetero) is 2. The second kappa shape index (κ2) is 10.2. The number of primary amides is 1. The highest BCUT2D eigenvalue weighted by Gasteiger charge is 2.64. The Morgan fingerprint density at radius 3 is 2.40 bits per heavy atom. The number of benzene rings is 1. The molecule has 0 radical (unpaired) electrons. The highest BCUT2D eigenvalue weighted by Crippen LogP contribution is 2.55. The van der Waals surface area contributed by atoms with Crippen LogP contribution in [0.1, 0.15) is 24.0 Å². The molecule has 5 rings (SSSR count). The fourth-order valence-corrected chi connectivity index (χ4v) is 6.52. The van der Waals surface area contributed by atoms with E-state index in [-0.39, 0.29) is 18.5 Å². The van der Waals surface area contributed by atoms with Crippen LogP contribution in [-0.4, -0.2) is 105 Å². The zero-order valence-electron chi connectivity index (χ0n) is 23.0. The first-order valence-corrected chi connectivity index (χ1v) is 13.3. The molecule has 2 fully saturated rings. The van der Waals surface area contributed by atoms with E-state index >= 15 is 0 Å². The quantitative estimate of drug-likeness (QED) is 0.193. The predicted octanol–water partition coefficient (Wildman–Crippen LogP) is 0.507. The molecular weight excluding hydrogens is 581 g/mol. The number of phenolic OH excluding ortho intramolecular Hbond substituents is 1. The van der Waals surface area contributed by atoms with E-state index in [1.54, 1.807) is 4.90 Å². The molecule has 13 nitrogen and oxygen atoms in total. The summed E-state index contributed by atoms with van der Waals surface area (Å²) in [7, 11) is 2.83. The van der Waals surface area contributed by atoms with Gasteiger partial charge in [-0.05, 0) is 52.4 Å². The number of anilines is 1. The summed E-state index contributed by atoms with van der Waals surface area (Å²) in [4.78, 5) is 54.8. The van der Waals surface area contributed by atoms with Gasteiger partial charge < -0.3 is 36.2 Å². The number of amides is 2. The molecule has 4 aliphatic rings. The molecule has 0 unspecified atom stereocenters. The van der Waals surface area contributed by atoms with Gasteiger partial charge in [0.15, 0.2) is 17.1 Å². The SMILES string of the molecule is CN(C)[C@@H]1C(=O)C(C(N)=O)=C(O)[C@@]2(O)C(=O)C3=C(O)c4c(O)c(NC(=O)CN5CCC5)cc(OC(F)(F)F)c4C[C@H]3C[C@@H]12. The Kier molecular flexibility index (Phi) is 7.22. The fourth-order valence-electron chi connectivity index (χ4n) is 6.52. The number of phenols is 1. The van der Waals surface area contributed by atoms with Crippen molar-refractivity contribution in [2.75, 3.05) is 39.0 Å². The third-order valence-electron chi connectivity index (χ3n) is 8.50. The molecule has 0 bridgehead atoms. The standard InChI is InChI=1S/C27H29F3N4O9/c1-33(2)19-12-7-10-6-11-14(43-27(28,29)30)8-13(32-15(35)9-34-4-3-5-34)20(36)17(11)21(37)16(10)23(39)26(12,42)24(40)18(22(19)38)25(31)41/h8,10,12,19,36-37,40,42H,3-7,9H2,1-2H3,(H2,31,41)(H,32,35)/t10-,12-,19-,26-/m0/s1. The number of halogens is 3. The second-order valence-corrected chi connectivity index (χ2v) is 11.3. The maximum atomic E-state index is 13.9. The van der Waals surface area contributed by atoms with Crippen LogP contribution in [-0.2, 0) is 25.6 Å². The van der Waals surface area contributed by atoms with Gasteiger partial charge in [-0.2, -0.15) is 0 Å². The number of fused-ring (bicyclic) bond motifs is 3.